The molecule has 2 aliphatic carbocycles. The van der Waals surface area contributed by atoms with Gasteiger partial charge in [0, 0.05) is 0 Å². The summed E-state index contributed by atoms with van der Waals surface area (Å²) in [6, 6.07) is 4.69. The van der Waals surface area contributed by atoms with Crippen LogP contribution in [0.3, 0.4) is 0 Å². The van der Waals surface area contributed by atoms with Gasteiger partial charge in [-0.2, -0.15) is 8.78 Å². The van der Waals surface area contributed by atoms with E-state index in [2.05, 4.69) is 19.1 Å². The average Bonchev–Trinajstić information content (AvgIpc) is 2.90. The summed E-state index contributed by atoms with van der Waals surface area (Å²) in [5, 5.41) is 0. The molecular formula is C31H45F3O2. The third kappa shape index (κ3) is 8.00. The van der Waals surface area contributed by atoms with Gasteiger partial charge in [-0.05, 0) is 118 Å². The first-order valence-corrected chi connectivity index (χ1v) is 14.5. The summed E-state index contributed by atoms with van der Waals surface area (Å²) in [4.78, 5) is 0. The second-order valence-corrected chi connectivity index (χ2v) is 11.6. The van der Waals surface area contributed by atoms with Gasteiger partial charge in [0.15, 0.2) is 6.10 Å². The van der Waals surface area contributed by atoms with Crippen LogP contribution in [0.15, 0.2) is 36.4 Å². The van der Waals surface area contributed by atoms with Crippen molar-refractivity contribution in [3.63, 3.8) is 0 Å². The van der Waals surface area contributed by atoms with Crippen molar-refractivity contribution < 1.29 is 22.6 Å². The molecule has 2 saturated carbocycles. The predicted octanol–water partition coefficient (Wildman–Crippen LogP) is 9.34. The topological polar surface area (TPSA) is 18.5 Å². The lowest BCUT2D eigenvalue weighted by molar-refractivity contribution is -0.266. The van der Waals surface area contributed by atoms with E-state index in [1.807, 2.05) is 0 Å². The highest BCUT2D eigenvalue weighted by molar-refractivity contribution is 5.22. The van der Waals surface area contributed by atoms with Crippen molar-refractivity contribution >= 4 is 0 Å². The number of benzene rings is 1. The van der Waals surface area contributed by atoms with E-state index < -0.39 is 18.0 Å². The average molecular weight is 507 g/mol. The molecule has 4 rings (SSSR count). The van der Waals surface area contributed by atoms with Crippen molar-refractivity contribution in [2.45, 2.75) is 109 Å². The molecule has 0 bridgehead atoms. The van der Waals surface area contributed by atoms with Crippen molar-refractivity contribution in [3.05, 3.63) is 42.2 Å². The minimum atomic E-state index is -3.42. The Morgan fingerprint density at radius 3 is 2.03 bits per heavy atom. The van der Waals surface area contributed by atoms with Crippen LogP contribution in [0.25, 0.3) is 0 Å². The highest BCUT2D eigenvalue weighted by atomic mass is 19.3. The first-order chi connectivity index (χ1) is 17.4. The van der Waals surface area contributed by atoms with Crippen LogP contribution in [-0.4, -0.2) is 18.8 Å². The monoisotopic (exact) mass is 506 g/mol. The largest absolute Gasteiger partial charge is 0.431 e. The number of rotatable bonds is 10. The summed E-state index contributed by atoms with van der Waals surface area (Å²) in [6.45, 7) is 2.66. The lowest BCUT2D eigenvalue weighted by Gasteiger charge is -2.39. The second kappa shape index (κ2) is 13.3. The molecule has 1 aliphatic heterocycles. The molecule has 1 aromatic carbocycles. The van der Waals surface area contributed by atoms with Crippen LogP contribution in [0.4, 0.5) is 13.2 Å². The lowest BCUT2D eigenvalue weighted by Crippen LogP contribution is -2.45. The second-order valence-electron chi connectivity index (χ2n) is 11.6. The standard InChI is InChI=1S/C31H45F3O2/c1-2-3-4-5-23-6-8-24(9-7-23)10-11-25-12-14-26(15-13-25)27-16-21-30(35-22-27)31(33,34)36-29-19-17-28(32)18-20-29/h10-11,17-20,23-27,30H,2-9,12-16,21-22H2,1H3/b11-10+. The summed E-state index contributed by atoms with van der Waals surface area (Å²) in [6.07, 6.45) is 17.2. The molecule has 36 heavy (non-hydrogen) atoms. The molecule has 0 radical (unpaired) electrons. The Bertz CT molecular complexity index is 785. The Labute approximate surface area is 216 Å². The molecule has 3 aliphatic rings. The van der Waals surface area contributed by atoms with Gasteiger partial charge in [-0.3, -0.25) is 0 Å². The van der Waals surface area contributed by atoms with E-state index >= 15 is 0 Å². The fraction of sp³-hybridized carbons (Fsp3) is 0.742. The Kier molecular flexibility index (Phi) is 10.2. The number of unbranched alkanes of at least 4 members (excludes halogenated alkanes) is 2. The fourth-order valence-corrected chi connectivity index (χ4v) is 6.61. The third-order valence-corrected chi connectivity index (χ3v) is 9.00. The van der Waals surface area contributed by atoms with Gasteiger partial charge >= 0.3 is 6.11 Å². The molecule has 0 aromatic heterocycles. The maximum atomic E-state index is 14.6. The third-order valence-electron chi connectivity index (χ3n) is 9.00. The van der Waals surface area contributed by atoms with Crippen molar-refractivity contribution in [1.82, 2.24) is 0 Å². The number of ether oxygens (including phenoxy) is 2. The van der Waals surface area contributed by atoms with Gasteiger partial charge in [-0.25, -0.2) is 4.39 Å². The zero-order valence-electron chi connectivity index (χ0n) is 22.0. The van der Waals surface area contributed by atoms with Crippen molar-refractivity contribution in [1.29, 1.82) is 0 Å². The molecule has 0 N–H and O–H groups in total. The SMILES string of the molecule is CCCCCC1CCC(/C=C/C2CCC(C3CCC(C(F)(F)Oc4ccc(F)cc4)OC3)CC2)CC1. The smallest absolute Gasteiger partial charge is 0.424 e. The zero-order chi connectivity index (χ0) is 25.4. The number of hydrogen-bond donors (Lipinski definition) is 0. The number of allylic oxidation sites excluding steroid dienone is 2. The molecule has 3 fully saturated rings. The Balaban J connectivity index is 1.14. The van der Waals surface area contributed by atoms with Crippen molar-refractivity contribution in [2.24, 2.45) is 29.6 Å². The van der Waals surface area contributed by atoms with Crippen LogP contribution in [0, 0.1) is 35.4 Å². The summed E-state index contributed by atoms with van der Waals surface area (Å²) in [5.41, 5.74) is 0. The van der Waals surface area contributed by atoms with Gasteiger partial charge in [0.1, 0.15) is 11.6 Å². The lowest BCUT2D eigenvalue weighted by atomic mass is 9.73. The minimum Gasteiger partial charge on any atom is -0.431 e. The number of hydrogen-bond acceptors (Lipinski definition) is 2. The van der Waals surface area contributed by atoms with E-state index in [9.17, 15) is 13.2 Å². The summed E-state index contributed by atoms with van der Waals surface area (Å²) in [7, 11) is 0. The number of halogens is 3. The normalized spacial score (nSPS) is 32.0. The van der Waals surface area contributed by atoms with Gasteiger partial charge in [-0.15, -0.1) is 0 Å². The van der Waals surface area contributed by atoms with E-state index in [0.717, 1.165) is 30.4 Å². The highest BCUT2D eigenvalue weighted by Crippen LogP contribution is 2.41. The Morgan fingerprint density at radius 2 is 1.44 bits per heavy atom. The quantitative estimate of drug-likeness (QED) is 0.232. The van der Waals surface area contributed by atoms with E-state index in [1.165, 1.54) is 89.2 Å². The fourth-order valence-electron chi connectivity index (χ4n) is 6.61. The molecule has 202 valence electrons. The van der Waals surface area contributed by atoms with E-state index in [0.29, 0.717) is 30.8 Å². The van der Waals surface area contributed by atoms with E-state index in [1.54, 1.807) is 0 Å². The Morgan fingerprint density at radius 1 is 0.833 bits per heavy atom. The predicted molar refractivity (Wildman–Crippen MR) is 139 cm³/mol. The minimum absolute atomic E-state index is 0.0430. The molecule has 0 spiro atoms. The van der Waals surface area contributed by atoms with Crippen LogP contribution in [0.5, 0.6) is 5.75 Å². The molecule has 2 nitrogen and oxygen atoms in total. The van der Waals surface area contributed by atoms with Crippen LogP contribution in [0.1, 0.15) is 96.8 Å². The molecular weight excluding hydrogens is 461 g/mol. The van der Waals surface area contributed by atoms with Gasteiger partial charge < -0.3 is 9.47 Å². The molecule has 5 heteroatoms. The van der Waals surface area contributed by atoms with E-state index in [4.69, 9.17) is 9.47 Å². The first-order valence-electron chi connectivity index (χ1n) is 14.5. The van der Waals surface area contributed by atoms with Crippen LogP contribution >= 0.6 is 0 Å². The maximum Gasteiger partial charge on any atom is 0.424 e. The van der Waals surface area contributed by atoms with Crippen LogP contribution in [-0.2, 0) is 4.74 Å². The van der Waals surface area contributed by atoms with E-state index in [-0.39, 0.29) is 5.75 Å². The van der Waals surface area contributed by atoms with Crippen molar-refractivity contribution in [3.8, 4) is 5.75 Å². The van der Waals surface area contributed by atoms with Gasteiger partial charge in [0.2, 0.25) is 0 Å². The summed E-state index contributed by atoms with van der Waals surface area (Å²) < 4.78 is 52.7. The molecule has 1 saturated heterocycles. The maximum absolute atomic E-state index is 14.6. The Hall–Kier alpha value is -1.49. The molecule has 1 heterocycles. The van der Waals surface area contributed by atoms with Gasteiger partial charge in [-0.1, -0.05) is 44.8 Å². The summed E-state index contributed by atoms with van der Waals surface area (Å²) >= 11 is 0. The summed E-state index contributed by atoms with van der Waals surface area (Å²) in [5.74, 6) is 2.81. The van der Waals surface area contributed by atoms with Crippen LogP contribution < -0.4 is 4.74 Å². The molecule has 2 unspecified atom stereocenters. The number of alkyl halides is 2. The van der Waals surface area contributed by atoms with Gasteiger partial charge in [0.25, 0.3) is 0 Å². The molecule has 0 amide bonds. The zero-order valence-corrected chi connectivity index (χ0v) is 22.0. The molecule has 2 atom stereocenters. The molecule has 1 aromatic rings. The first kappa shape index (κ1) is 27.5. The van der Waals surface area contributed by atoms with Gasteiger partial charge in [0.05, 0.1) is 6.61 Å². The highest BCUT2D eigenvalue weighted by Gasteiger charge is 2.46. The van der Waals surface area contributed by atoms with Crippen molar-refractivity contribution in [2.75, 3.05) is 6.61 Å². The van der Waals surface area contributed by atoms with Crippen LogP contribution in [0.2, 0.25) is 0 Å².